The molecule has 2 aliphatic carbocycles. The molecule has 2 aromatic rings. The fourth-order valence-corrected chi connectivity index (χ4v) is 3.69. The predicted octanol–water partition coefficient (Wildman–Crippen LogP) is 3.60. The van der Waals surface area contributed by atoms with Gasteiger partial charge in [-0.15, -0.1) is 10.2 Å². The number of benzene rings is 1. The van der Waals surface area contributed by atoms with E-state index in [1.165, 1.54) is 34.4 Å². The second kappa shape index (κ2) is 7.45. The minimum atomic E-state index is 0.836. The molecule has 1 fully saturated rings. The van der Waals surface area contributed by atoms with Crippen LogP contribution in [-0.4, -0.2) is 23.3 Å². The Morgan fingerprint density at radius 2 is 1.96 bits per heavy atom. The Hall–Kier alpha value is -2.42. The van der Waals surface area contributed by atoms with Gasteiger partial charge in [0.15, 0.2) is 5.82 Å². The predicted molar refractivity (Wildman–Crippen MR) is 109 cm³/mol. The molecule has 2 aliphatic rings. The first-order valence-corrected chi connectivity index (χ1v) is 9.82. The summed E-state index contributed by atoms with van der Waals surface area (Å²) in [5.41, 5.74) is 3.40. The van der Waals surface area contributed by atoms with E-state index in [9.17, 15) is 0 Å². The Balaban J connectivity index is 1.89. The number of aromatic nitrogens is 2. The standard InChI is InChI=1S/C23H27N3/c1-3-15-26(16-18-13-14-18)23-21-12-6-4-5-11-20(21)22(24-25-23)19-10-8-7-9-17(19)2/h4-5,7-12,18H,3,6,13-16H2,1-2H3. The lowest BCUT2D eigenvalue weighted by Gasteiger charge is -2.24. The highest BCUT2D eigenvalue weighted by Gasteiger charge is 2.25. The van der Waals surface area contributed by atoms with E-state index in [-0.39, 0.29) is 0 Å². The second-order valence-electron chi connectivity index (χ2n) is 7.44. The summed E-state index contributed by atoms with van der Waals surface area (Å²) in [6, 6.07) is 8.45. The van der Waals surface area contributed by atoms with Crippen molar-refractivity contribution in [1.82, 2.24) is 10.2 Å². The first-order valence-electron chi connectivity index (χ1n) is 9.82. The van der Waals surface area contributed by atoms with Gasteiger partial charge in [0.1, 0.15) is 5.69 Å². The van der Waals surface area contributed by atoms with Gasteiger partial charge in [-0.3, -0.25) is 0 Å². The summed E-state index contributed by atoms with van der Waals surface area (Å²) < 4.78 is 0. The SMILES string of the molecule is CCCN(CC1CC1)c1nnc(-c2ccccc2C)c2c1=CCC=CC=2. The van der Waals surface area contributed by atoms with Crippen LogP contribution in [0, 0.1) is 12.8 Å². The second-order valence-corrected chi connectivity index (χ2v) is 7.44. The quantitative estimate of drug-likeness (QED) is 0.801. The molecule has 3 nitrogen and oxygen atoms in total. The topological polar surface area (TPSA) is 29.0 Å². The number of allylic oxidation sites excluding steroid dienone is 2. The zero-order chi connectivity index (χ0) is 17.9. The molecule has 0 spiro atoms. The molecule has 0 amide bonds. The Kier molecular flexibility index (Phi) is 4.87. The molecule has 0 unspecified atom stereocenters. The van der Waals surface area contributed by atoms with Gasteiger partial charge in [-0.05, 0) is 44.1 Å². The minimum absolute atomic E-state index is 0.836. The molecule has 0 aliphatic heterocycles. The van der Waals surface area contributed by atoms with Crippen LogP contribution in [0.25, 0.3) is 23.4 Å². The van der Waals surface area contributed by atoms with Crippen LogP contribution >= 0.6 is 0 Å². The van der Waals surface area contributed by atoms with Crippen LogP contribution in [0.15, 0.2) is 36.4 Å². The zero-order valence-electron chi connectivity index (χ0n) is 15.8. The number of hydrogen-bond acceptors (Lipinski definition) is 3. The van der Waals surface area contributed by atoms with Crippen molar-refractivity contribution < 1.29 is 0 Å². The third-order valence-electron chi connectivity index (χ3n) is 5.26. The van der Waals surface area contributed by atoms with Crippen molar-refractivity contribution in [3.05, 3.63) is 52.4 Å². The third kappa shape index (κ3) is 3.44. The maximum atomic E-state index is 4.75. The van der Waals surface area contributed by atoms with Gasteiger partial charge < -0.3 is 4.90 Å². The molecule has 0 atom stereocenters. The Morgan fingerprint density at radius 3 is 2.73 bits per heavy atom. The van der Waals surface area contributed by atoms with Gasteiger partial charge >= 0.3 is 0 Å². The highest BCUT2D eigenvalue weighted by Crippen LogP contribution is 2.30. The zero-order valence-corrected chi connectivity index (χ0v) is 15.8. The van der Waals surface area contributed by atoms with Crippen molar-refractivity contribution in [1.29, 1.82) is 0 Å². The van der Waals surface area contributed by atoms with E-state index in [4.69, 9.17) is 10.2 Å². The monoisotopic (exact) mass is 345 g/mol. The fraction of sp³-hybridized carbons (Fsp3) is 0.391. The van der Waals surface area contributed by atoms with Crippen molar-refractivity contribution in [3.63, 3.8) is 0 Å². The summed E-state index contributed by atoms with van der Waals surface area (Å²) in [7, 11) is 0. The van der Waals surface area contributed by atoms with Crippen LogP contribution in [0.5, 0.6) is 0 Å². The summed E-state index contributed by atoms with van der Waals surface area (Å²) in [6.45, 7) is 6.54. The molecule has 0 radical (unpaired) electrons. The van der Waals surface area contributed by atoms with Gasteiger partial charge in [0.05, 0.1) is 0 Å². The first-order chi connectivity index (χ1) is 12.8. The first kappa shape index (κ1) is 17.0. The van der Waals surface area contributed by atoms with E-state index in [2.05, 4.69) is 67.3 Å². The number of hydrogen-bond donors (Lipinski definition) is 0. The molecular formula is C23H27N3. The molecule has 0 N–H and O–H groups in total. The molecule has 1 heterocycles. The molecule has 26 heavy (non-hydrogen) atoms. The highest BCUT2D eigenvalue weighted by molar-refractivity contribution is 5.68. The number of nitrogens with zero attached hydrogens (tertiary/aromatic N) is 3. The van der Waals surface area contributed by atoms with Crippen LogP contribution in [0.2, 0.25) is 0 Å². The van der Waals surface area contributed by atoms with Gasteiger partial charge in [0.25, 0.3) is 0 Å². The van der Waals surface area contributed by atoms with E-state index in [1.807, 2.05) is 0 Å². The van der Waals surface area contributed by atoms with E-state index >= 15 is 0 Å². The van der Waals surface area contributed by atoms with Gasteiger partial charge in [0, 0.05) is 29.1 Å². The number of anilines is 1. The average molecular weight is 345 g/mol. The minimum Gasteiger partial charge on any atom is -0.354 e. The molecule has 134 valence electrons. The molecule has 3 heteroatoms. The van der Waals surface area contributed by atoms with Crippen LogP contribution in [-0.2, 0) is 0 Å². The summed E-state index contributed by atoms with van der Waals surface area (Å²) in [5, 5.41) is 11.9. The third-order valence-corrected chi connectivity index (χ3v) is 5.26. The maximum absolute atomic E-state index is 4.75. The number of fused-ring (bicyclic) bond motifs is 1. The van der Waals surface area contributed by atoms with Crippen molar-refractivity contribution in [2.45, 2.75) is 39.5 Å². The van der Waals surface area contributed by atoms with Gasteiger partial charge in [-0.2, -0.15) is 0 Å². The summed E-state index contributed by atoms with van der Waals surface area (Å²) in [5.74, 6) is 1.90. The van der Waals surface area contributed by atoms with Gasteiger partial charge in [0.2, 0.25) is 0 Å². The molecular weight excluding hydrogens is 318 g/mol. The number of rotatable bonds is 6. The lowest BCUT2D eigenvalue weighted by Crippen LogP contribution is -2.39. The van der Waals surface area contributed by atoms with Gasteiger partial charge in [-0.25, -0.2) is 0 Å². The Labute approximate surface area is 155 Å². The number of aryl methyl sites for hydroxylation is 1. The summed E-state index contributed by atoms with van der Waals surface area (Å²) >= 11 is 0. The molecule has 0 saturated heterocycles. The molecule has 1 aromatic heterocycles. The Bertz CT molecular complexity index is 938. The lowest BCUT2D eigenvalue weighted by molar-refractivity contribution is 0.690. The van der Waals surface area contributed by atoms with E-state index in [1.54, 1.807) is 0 Å². The Morgan fingerprint density at radius 1 is 1.12 bits per heavy atom. The molecule has 4 rings (SSSR count). The molecule has 0 bridgehead atoms. The van der Waals surface area contributed by atoms with Gasteiger partial charge in [-0.1, -0.05) is 55.5 Å². The smallest absolute Gasteiger partial charge is 0.158 e. The van der Waals surface area contributed by atoms with Crippen molar-refractivity contribution >= 4 is 18.0 Å². The van der Waals surface area contributed by atoms with Crippen LogP contribution in [0.3, 0.4) is 0 Å². The summed E-state index contributed by atoms with van der Waals surface area (Å²) in [4.78, 5) is 2.46. The van der Waals surface area contributed by atoms with E-state index < -0.39 is 0 Å². The fourth-order valence-electron chi connectivity index (χ4n) is 3.69. The molecule has 1 aromatic carbocycles. The van der Waals surface area contributed by atoms with Crippen molar-refractivity contribution in [2.24, 2.45) is 5.92 Å². The highest BCUT2D eigenvalue weighted by atomic mass is 15.3. The summed E-state index contributed by atoms with van der Waals surface area (Å²) in [6.07, 6.45) is 13.7. The lowest BCUT2D eigenvalue weighted by atomic mass is 10.0. The van der Waals surface area contributed by atoms with Crippen LogP contribution in [0.1, 0.15) is 38.2 Å². The normalized spacial score (nSPS) is 15.6. The maximum Gasteiger partial charge on any atom is 0.158 e. The van der Waals surface area contributed by atoms with E-state index in [0.29, 0.717) is 0 Å². The average Bonchev–Trinajstić information content (AvgIpc) is 3.47. The van der Waals surface area contributed by atoms with Crippen molar-refractivity contribution in [2.75, 3.05) is 18.0 Å². The van der Waals surface area contributed by atoms with Crippen molar-refractivity contribution in [3.8, 4) is 11.3 Å². The van der Waals surface area contributed by atoms with E-state index in [0.717, 1.165) is 43.4 Å². The van der Waals surface area contributed by atoms with Crippen LogP contribution in [0.4, 0.5) is 5.82 Å². The largest absolute Gasteiger partial charge is 0.354 e. The van der Waals surface area contributed by atoms with Crippen LogP contribution < -0.4 is 15.3 Å². The molecule has 1 saturated carbocycles.